The highest BCUT2D eigenvalue weighted by Crippen LogP contribution is 2.34. The lowest BCUT2D eigenvalue weighted by molar-refractivity contribution is -0.140. The van der Waals surface area contributed by atoms with Crippen molar-refractivity contribution in [2.75, 3.05) is 25.1 Å². The minimum Gasteiger partial charge on any atom is -0.493 e. The van der Waals surface area contributed by atoms with Crippen molar-refractivity contribution in [2.24, 2.45) is 0 Å². The first-order valence-corrected chi connectivity index (χ1v) is 18.5. The van der Waals surface area contributed by atoms with Gasteiger partial charge in [-0.2, -0.15) is 0 Å². The van der Waals surface area contributed by atoms with Gasteiger partial charge in [0.15, 0.2) is 11.5 Å². The van der Waals surface area contributed by atoms with Gasteiger partial charge in [-0.3, -0.25) is 13.9 Å². The largest absolute Gasteiger partial charge is 0.493 e. The van der Waals surface area contributed by atoms with E-state index in [9.17, 15) is 18.0 Å². The Balaban J connectivity index is 1.59. The monoisotopic (exact) mass is 697 g/mol. The van der Waals surface area contributed by atoms with Crippen LogP contribution in [0, 0.1) is 13.8 Å². The summed E-state index contributed by atoms with van der Waals surface area (Å²) in [6.45, 7) is 3.41. The van der Waals surface area contributed by atoms with Crippen LogP contribution < -0.4 is 19.1 Å². The SMILES string of the molecule is COc1ccc(N(CC(=O)N(Cc2ccc(C)cc2)C(Cc2ccccc2)C(=O)NC2CCCCC2)S(=O)(=O)c2ccc(C)cc2)cc1OC. The van der Waals surface area contributed by atoms with Gasteiger partial charge in [0.25, 0.3) is 10.0 Å². The van der Waals surface area contributed by atoms with Gasteiger partial charge in [0.2, 0.25) is 11.8 Å². The molecule has 264 valence electrons. The van der Waals surface area contributed by atoms with E-state index in [1.54, 1.807) is 30.3 Å². The number of ether oxygens (including phenoxy) is 2. The lowest BCUT2D eigenvalue weighted by Crippen LogP contribution is -2.55. The molecule has 0 saturated heterocycles. The molecule has 9 nitrogen and oxygen atoms in total. The molecule has 1 unspecified atom stereocenters. The summed E-state index contributed by atoms with van der Waals surface area (Å²) in [5, 5.41) is 3.25. The summed E-state index contributed by atoms with van der Waals surface area (Å²) in [7, 11) is -1.30. The number of nitrogens with one attached hydrogen (secondary N) is 1. The quantitative estimate of drug-likeness (QED) is 0.159. The molecule has 1 fully saturated rings. The van der Waals surface area contributed by atoms with Crippen molar-refractivity contribution in [1.82, 2.24) is 10.2 Å². The van der Waals surface area contributed by atoms with Crippen molar-refractivity contribution in [3.63, 3.8) is 0 Å². The first-order chi connectivity index (χ1) is 24.1. The summed E-state index contributed by atoms with van der Waals surface area (Å²) in [6, 6.07) is 27.7. The van der Waals surface area contributed by atoms with Gasteiger partial charge in [0.05, 0.1) is 24.8 Å². The van der Waals surface area contributed by atoms with Crippen molar-refractivity contribution in [3.8, 4) is 11.5 Å². The molecule has 1 saturated carbocycles. The van der Waals surface area contributed by atoms with Crippen molar-refractivity contribution in [1.29, 1.82) is 0 Å². The number of anilines is 1. The van der Waals surface area contributed by atoms with Crippen LogP contribution in [0.1, 0.15) is 54.4 Å². The van der Waals surface area contributed by atoms with Gasteiger partial charge in [0.1, 0.15) is 12.6 Å². The Labute approximate surface area is 296 Å². The first kappa shape index (κ1) is 36.5. The average Bonchev–Trinajstić information content (AvgIpc) is 3.13. The van der Waals surface area contributed by atoms with E-state index in [0.717, 1.165) is 58.7 Å². The molecule has 1 N–H and O–H groups in total. The Bertz CT molecular complexity index is 1840. The number of benzene rings is 4. The summed E-state index contributed by atoms with van der Waals surface area (Å²) < 4.78 is 40.8. The smallest absolute Gasteiger partial charge is 0.264 e. The van der Waals surface area contributed by atoms with Crippen molar-refractivity contribution in [2.45, 2.75) is 75.9 Å². The van der Waals surface area contributed by atoms with Crippen LogP contribution in [0.25, 0.3) is 0 Å². The Morgan fingerprint density at radius 1 is 0.780 bits per heavy atom. The molecular formula is C40H47N3O6S. The molecule has 50 heavy (non-hydrogen) atoms. The number of methoxy groups -OCH3 is 2. The van der Waals surface area contributed by atoms with Gasteiger partial charge in [-0.15, -0.1) is 0 Å². The summed E-state index contributed by atoms with van der Waals surface area (Å²) in [5.41, 5.74) is 3.90. The van der Waals surface area contributed by atoms with Gasteiger partial charge in [0, 0.05) is 25.1 Å². The molecule has 0 spiro atoms. The van der Waals surface area contributed by atoms with E-state index in [0.29, 0.717) is 11.5 Å². The van der Waals surface area contributed by atoms with Crippen molar-refractivity contribution < 1.29 is 27.5 Å². The van der Waals surface area contributed by atoms with E-state index in [4.69, 9.17) is 9.47 Å². The molecule has 1 aliphatic carbocycles. The third-order valence-corrected chi connectivity index (χ3v) is 11.0. The van der Waals surface area contributed by atoms with Crippen LogP contribution in [0.4, 0.5) is 5.69 Å². The summed E-state index contributed by atoms with van der Waals surface area (Å²) in [6.07, 6.45) is 5.25. The number of carbonyl (C=O) groups excluding carboxylic acids is 2. The highest BCUT2D eigenvalue weighted by molar-refractivity contribution is 7.92. The fraction of sp³-hybridized carbons (Fsp3) is 0.350. The maximum absolute atomic E-state index is 14.8. The minimum atomic E-state index is -4.26. The van der Waals surface area contributed by atoms with Crippen molar-refractivity contribution in [3.05, 3.63) is 119 Å². The zero-order valence-corrected chi connectivity index (χ0v) is 30.1. The maximum Gasteiger partial charge on any atom is 0.264 e. The zero-order valence-electron chi connectivity index (χ0n) is 29.3. The Morgan fingerprint density at radius 2 is 1.40 bits per heavy atom. The van der Waals surface area contributed by atoms with Gasteiger partial charge >= 0.3 is 0 Å². The van der Waals surface area contributed by atoms with E-state index in [-0.39, 0.29) is 35.5 Å². The lowest BCUT2D eigenvalue weighted by Gasteiger charge is -2.35. The summed E-state index contributed by atoms with van der Waals surface area (Å²) in [4.78, 5) is 30.7. The topological polar surface area (TPSA) is 105 Å². The Kier molecular flexibility index (Phi) is 12.2. The minimum absolute atomic E-state index is 0.0241. The van der Waals surface area contributed by atoms with E-state index < -0.39 is 28.5 Å². The van der Waals surface area contributed by atoms with E-state index in [2.05, 4.69) is 5.32 Å². The van der Waals surface area contributed by atoms with Crippen molar-refractivity contribution >= 4 is 27.5 Å². The highest BCUT2D eigenvalue weighted by atomic mass is 32.2. The van der Waals surface area contributed by atoms with E-state index >= 15 is 0 Å². The standard InChI is InChI=1S/C40H47N3O6S/c1-29-15-19-32(20-16-29)27-42(36(25-31-11-7-5-8-12-31)40(45)41-33-13-9-6-10-14-33)39(44)28-43(34-21-24-37(48-3)38(26-34)49-4)50(46,47)35-22-17-30(2)18-23-35/h5,7-8,11-12,15-24,26,33,36H,6,9-10,13-14,25,27-28H2,1-4H3,(H,41,45). The summed E-state index contributed by atoms with van der Waals surface area (Å²) >= 11 is 0. The number of amides is 2. The predicted molar refractivity (Wildman–Crippen MR) is 196 cm³/mol. The van der Waals surface area contributed by atoms with Gasteiger partial charge < -0.3 is 19.7 Å². The van der Waals surface area contributed by atoms with Crippen LogP contribution >= 0.6 is 0 Å². The first-order valence-electron chi connectivity index (χ1n) is 17.1. The lowest BCUT2D eigenvalue weighted by atomic mass is 9.94. The normalized spacial score (nSPS) is 14.0. The summed E-state index contributed by atoms with van der Waals surface area (Å²) in [5.74, 6) is -0.0403. The van der Waals surface area contributed by atoms with Gasteiger partial charge in [-0.25, -0.2) is 8.42 Å². The number of nitrogens with zero attached hydrogens (tertiary/aromatic N) is 2. The van der Waals surface area contributed by atoms with Crippen LogP contribution in [0.3, 0.4) is 0 Å². The zero-order chi connectivity index (χ0) is 35.7. The molecule has 10 heteroatoms. The number of rotatable bonds is 14. The third kappa shape index (κ3) is 9.04. The van der Waals surface area contributed by atoms with E-state index in [1.165, 1.54) is 31.3 Å². The second-order valence-electron chi connectivity index (χ2n) is 12.9. The molecule has 0 aliphatic heterocycles. The average molecular weight is 698 g/mol. The number of hydrogen-bond acceptors (Lipinski definition) is 6. The second kappa shape index (κ2) is 16.7. The van der Waals surface area contributed by atoms with Crippen LogP contribution in [-0.2, 0) is 32.6 Å². The van der Waals surface area contributed by atoms with Gasteiger partial charge in [-0.05, 0) is 62.1 Å². The molecule has 1 atom stereocenters. The second-order valence-corrected chi connectivity index (χ2v) is 14.8. The molecule has 0 radical (unpaired) electrons. The fourth-order valence-corrected chi connectivity index (χ4v) is 7.74. The van der Waals surface area contributed by atoms with E-state index in [1.807, 2.05) is 68.4 Å². The van der Waals surface area contributed by atoms with Crippen LogP contribution in [0.5, 0.6) is 11.5 Å². The molecule has 0 bridgehead atoms. The fourth-order valence-electron chi connectivity index (χ4n) is 6.33. The molecule has 1 aliphatic rings. The third-order valence-electron chi connectivity index (χ3n) is 9.24. The number of sulfonamides is 1. The number of carbonyl (C=O) groups is 2. The molecule has 0 heterocycles. The van der Waals surface area contributed by atoms with Crippen LogP contribution in [0.15, 0.2) is 102 Å². The molecule has 4 aromatic rings. The molecule has 5 rings (SSSR count). The van der Waals surface area contributed by atoms with Crippen LogP contribution in [0.2, 0.25) is 0 Å². The molecule has 0 aromatic heterocycles. The predicted octanol–water partition coefficient (Wildman–Crippen LogP) is 6.60. The van der Waals surface area contributed by atoms with Crippen LogP contribution in [-0.4, -0.2) is 58.0 Å². The molecule has 4 aromatic carbocycles. The number of hydrogen-bond donors (Lipinski definition) is 1. The maximum atomic E-state index is 14.8. The highest BCUT2D eigenvalue weighted by Gasteiger charge is 2.35. The molecule has 2 amide bonds. The Hall–Kier alpha value is -4.83. The Morgan fingerprint density at radius 3 is 2.02 bits per heavy atom. The van der Waals surface area contributed by atoms with Gasteiger partial charge in [-0.1, -0.05) is 97.1 Å². The number of aryl methyl sites for hydroxylation is 2. The molecular weight excluding hydrogens is 651 g/mol.